The van der Waals surface area contributed by atoms with Gasteiger partial charge in [0, 0.05) is 10.9 Å². The molecule has 6 heteroatoms. The molecule has 0 spiro atoms. The zero-order chi connectivity index (χ0) is 9.07. The zero-order valence-corrected chi connectivity index (χ0v) is 14.5. The van der Waals surface area contributed by atoms with E-state index in [1.54, 1.807) is 0 Å². The molecule has 0 radical (unpaired) electrons. The Morgan fingerprint density at radius 3 is 2.00 bits per heavy atom. The summed E-state index contributed by atoms with van der Waals surface area (Å²) in [6.45, 7) is 7.57. The molecule has 68 valence electrons. The van der Waals surface area contributed by atoms with E-state index >= 15 is 0 Å². The molecule has 0 bridgehead atoms. The normalized spacial score (nSPS) is 15.9. The number of hydrogen-bond donors (Lipinski definition) is 0. The van der Waals surface area contributed by atoms with Gasteiger partial charge in [-0.05, 0) is 13.8 Å². The molecule has 1 atom stereocenters. The van der Waals surface area contributed by atoms with Crippen molar-refractivity contribution in [2.45, 2.75) is 39.0 Å². The first kappa shape index (κ1) is 16.3. The fourth-order valence-corrected chi connectivity index (χ4v) is 5.90. The summed E-state index contributed by atoms with van der Waals surface area (Å²) in [6.07, 6.45) is -0.0513. The minimum absolute atomic E-state index is 0. The molecule has 1 unspecified atom stereocenters. The molecule has 0 fully saturated rings. The Kier molecular flexibility index (Phi) is 9.73. The van der Waals surface area contributed by atoms with Crippen LogP contribution < -0.4 is 4.89 Å². The van der Waals surface area contributed by atoms with Crippen LogP contribution in [-0.2, 0) is 43.6 Å². The molecule has 0 aliphatic heterocycles. The summed E-state index contributed by atoms with van der Waals surface area (Å²) in [5.41, 5.74) is -2.80. The summed E-state index contributed by atoms with van der Waals surface area (Å²) in [5, 5.41) is 0.261. The minimum Gasteiger partial charge on any atom is -0.793 e. The average molecular weight is 326 g/mol. The molecule has 0 aromatic carbocycles. The van der Waals surface area contributed by atoms with Crippen LogP contribution in [0.4, 0.5) is 0 Å². The van der Waals surface area contributed by atoms with Crippen LogP contribution in [0.5, 0.6) is 0 Å². The van der Waals surface area contributed by atoms with Crippen LogP contribution in [0.15, 0.2) is 0 Å². The second kappa shape index (κ2) is 7.18. The van der Waals surface area contributed by atoms with Gasteiger partial charge in [0.05, 0.1) is 6.10 Å². The van der Waals surface area contributed by atoms with Crippen molar-refractivity contribution in [2.75, 3.05) is 0 Å². The third-order valence-corrected chi connectivity index (χ3v) is 5.37. The first-order valence-electron chi connectivity index (χ1n) is 3.51. The first-order valence-corrected chi connectivity index (χ1v) is 7.63. The van der Waals surface area contributed by atoms with Crippen LogP contribution in [0.1, 0.15) is 27.7 Å². The average Bonchev–Trinajstić information content (AvgIpc) is 1.53. The van der Waals surface area contributed by atoms with Crippen LogP contribution in [0.2, 0.25) is 0 Å². The summed E-state index contributed by atoms with van der Waals surface area (Å²) < 4.78 is 5.08. The second-order valence-corrected chi connectivity index (χ2v) is 9.22. The summed E-state index contributed by atoms with van der Waals surface area (Å²) >= 11 is 6.03. The third-order valence-electron chi connectivity index (χ3n) is 0.680. The topological polar surface area (TPSA) is 32.3 Å². The van der Waals surface area contributed by atoms with Gasteiger partial charge in [-0.1, -0.05) is 25.7 Å². The van der Waals surface area contributed by atoms with Gasteiger partial charge < -0.3 is 9.42 Å². The maximum Gasteiger partial charge on any atom is 2.00 e. The van der Waals surface area contributed by atoms with E-state index in [0.717, 1.165) is 0 Å². The van der Waals surface area contributed by atoms with Crippen LogP contribution in [0.25, 0.3) is 0 Å². The van der Waals surface area contributed by atoms with Gasteiger partial charge in [-0.3, -0.25) is 0 Å². The van der Waals surface area contributed by atoms with E-state index in [4.69, 9.17) is 16.3 Å². The van der Waals surface area contributed by atoms with Gasteiger partial charge >= 0.3 is 27.3 Å². The van der Waals surface area contributed by atoms with E-state index in [-0.39, 0.29) is 38.7 Å². The van der Waals surface area contributed by atoms with Crippen molar-refractivity contribution in [2.24, 2.45) is 0 Å². The molecule has 0 aliphatic carbocycles. The van der Waals surface area contributed by atoms with Crippen molar-refractivity contribution in [1.82, 2.24) is 0 Å². The van der Waals surface area contributed by atoms with E-state index in [9.17, 15) is 4.89 Å². The first-order chi connectivity index (χ1) is 4.83. The van der Waals surface area contributed by atoms with Gasteiger partial charge in [-0.15, -0.1) is 11.4 Å². The molecule has 0 aromatic rings. The standard InChI is InChI=1S/C6H15O2PS2.Cd/c1-5(2)8-9(7,10)11-6(3)4;/h5-6H,1-4H3,(H,7,10);/q;+2/p-1. The summed E-state index contributed by atoms with van der Waals surface area (Å²) in [6, 6.07) is 0. The molecule has 0 aliphatic rings. The van der Waals surface area contributed by atoms with Gasteiger partial charge in [0.15, 0.2) is 0 Å². The van der Waals surface area contributed by atoms with Gasteiger partial charge in [-0.2, -0.15) is 0 Å². The molecule has 0 amide bonds. The maximum absolute atomic E-state index is 11.4. The fraction of sp³-hybridized carbons (Fsp3) is 1.00. The Bertz CT molecular complexity index is 150. The van der Waals surface area contributed by atoms with E-state index in [2.05, 4.69) is 0 Å². The molecular formula is C6H14CdO2PS2+. The third kappa shape index (κ3) is 9.93. The second-order valence-electron chi connectivity index (χ2n) is 2.76. The summed E-state index contributed by atoms with van der Waals surface area (Å²) in [7, 11) is 0. The summed E-state index contributed by atoms with van der Waals surface area (Å²) in [4.78, 5) is 11.4. The quantitative estimate of drug-likeness (QED) is 0.585. The van der Waals surface area contributed by atoms with Gasteiger partial charge in [-0.25, -0.2) is 0 Å². The molecular weight excluding hydrogens is 312 g/mol. The van der Waals surface area contributed by atoms with Crippen LogP contribution in [0, 0.1) is 0 Å². The van der Waals surface area contributed by atoms with E-state index < -0.39 is 5.69 Å². The predicted molar refractivity (Wildman–Crippen MR) is 53.2 cm³/mol. The molecule has 0 saturated carbocycles. The van der Waals surface area contributed by atoms with Crippen molar-refractivity contribution < 1.29 is 36.7 Å². The Labute approximate surface area is 104 Å². The molecule has 0 aromatic heterocycles. The van der Waals surface area contributed by atoms with Crippen LogP contribution in [0.3, 0.4) is 0 Å². The Morgan fingerprint density at radius 2 is 1.75 bits per heavy atom. The Balaban J connectivity index is 0. The zero-order valence-electron chi connectivity index (χ0n) is 7.94. The molecule has 0 heterocycles. The Morgan fingerprint density at radius 1 is 1.33 bits per heavy atom. The van der Waals surface area contributed by atoms with Crippen molar-refractivity contribution in [1.29, 1.82) is 0 Å². The van der Waals surface area contributed by atoms with Crippen LogP contribution >= 0.6 is 17.1 Å². The van der Waals surface area contributed by atoms with Gasteiger partial charge in [0.2, 0.25) is 0 Å². The van der Waals surface area contributed by atoms with Crippen molar-refractivity contribution in [3.63, 3.8) is 0 Å². The van der Waals surface area contributed by atoms with Crippen molar-refractivity contribution in [3.05, 3.63) is 0 Å². The summed E-state index contributed by atoms with van der Waals surface area (Å²) in [5.74, 6) is 0. The van der Waals surface area contributed by atoms with Crippen LogP contribution in [-0.4, -0.2) is 11.4 Å². The van der Waals surface area contributed by atoms with E-state index in [0.29, 0.717) is 0 Å². The van der Waals surface area contributed by atoms with Crippen molar-refractivity contribution in [3.8, 4) is 0 Å². The van der Waals surface area contributed by atoms with Gasteiger partial charge in [0.1, 0.15) is 0 Å². The van der Waals surface area contributed by atoms with Crippen molar-refractivity contribution >= 4 is 28.9 Å². The molecule has 0 N–H and O–H groups in total. The fourth-order valence-electron chi connectivity index (χ4n) is 0.541. The number of rotatable bonds is 4. The molecule has 0 rings (SSSR count). The molecule has 0 saturated heterocycles. The maximum atomic E-state index is 11.4. The largest absolute Gasteiger partial charge is 2.00 e. The predicted octanol–water partition coefficient (Wildman–Crippen LogP) is 2.14. The number of hydrogen-bond acceptors (Lipinski definition) is 4. The monoisotopic (exact) mass is 327 g/mol. The molecule has 12 heavy (non-hydrogen) atoms. The SMILES string of the molecule is CC(C)OP([O-])(=S)SC(C)C.[Cd+2]. The molecule has 2 nitrogen and oxygen atoms in total. The van der Waals surface area contributed by atoms with E-state index in [1.165, 1.54) is 11.4 Å². The van der Waals surface area contributed by atoms with E-state index in [1.807, 2.05) is 27.7 Å². The van der Waals surface area contributed by atoms with Gasteiger partial charge in [0.25, 0.3) is 0 Å². The Hall–Kier alpha value is 1.84. The smallest absolute Gasteiger partial charge is 0.793 e. The minimum atomic E-state index is -2.80.